The van der Waals surface area contributed by atoms with Crippen molar-refractivity contribution in [2.45, 2.75) is 50.2 Å². The van der Waals surface area contributed by atoms with Gasteiger partial charge in [-0.3, -0.25) is 0 Å². The summed E-state index contributed by atoms with van der Waals surface area (Å²) in [6.45, 7) is 8.45. The summed E-state index contributed by atoms with van der Waals surface area (Å²) in [5.41, 5.74) is 6.49. The number of fused-ring (bicyclic) bond motifs is 4. The van der Waals surface area contributed by atoms with Crippen LogP contribution in [0, 0.1) is 5.92 Å². The SMILES string of the molecule is COc1cccc2c1SCC1C2Nc2ccc(-c3cccc(C(=O)OC(C)C)c3)cc2C1(C)C. The van der Waals surface area contributed by atoms with Crippen LogP contribution in [0.25, 0.3) is 11.1 Å². The lowest BCUT2D eigenvalue weighted by Crippen LogP contribution is -2.44. The Balaban J connectivity index is 1.52. The first-order valence-electron chi connectivity index (χ1n) is 11.8. The number of anilines is 1. The number of thioether (sulfide) groups is 1. The van der Waals surface area contributed by atoms with Gasteiger partial charge in [0.25, 0.3) is 0 Å². The second-order valence-corrected chi connectivity index (χ2v) is 11.0. The van der Waals surface area contributed by atoms with Crippen molar-refractivity contribution < 1.29 is 14.3 Å². The van der Waals surface area contributed by atoms with Crippen LogP contribution in [0.2, 0.25) is 0 Å². The quantitative estimate of drug-likeness (QED) is 0.410. The van der Waals surface area contributed by atoms with Crippen molar-refractivity contribution in [3.05, 3.63) is 77.4 Å². The smallest absolute Gasteiger partial charge is 0.338 e. The zero-order valence-corrected chi connectivity index (χ0v) is 21.2. The molecule has 0 aromatic heterocycles. The Morgan fingerprint density at radius 1 is 1.06 bits per heavy atom. The van der Waals surface area contributed by atoms with Gasteiger partial charge in [0, 0.05) is 17.4 Å². The van der Waals surface area contributed by atoms with E-state index >= 15 is 0 Å². The van der Waals surface area contributed by atoms with Crippen LogP contribution < -0.4 is 10.1 Å². The van der Waals surface area contributed by atoms with Gasteiger partial charge in [-0.25, -0.2) is 4.79 Å². The predicted molar refractivity (Wildman–Crippen MR) is 139 cm³/mol. The molecule has 2 unspecified atom stereocenters. The Kier molecular flexibility index (Phi) is 5.85. The average molecular weight is 474 g/mol. The highest BCUT2D eigenvalue weighted by atomic mass is 32.2. The van der Waals surface area contributed by atoms with Gasteiger partial charge in [-0.15, -0.1) is 11.8 Å². The minimum atomic E-state index is -0.284. The van der Waals surface area contributed by atoms with Gasteiger partial charge in [-0.2, -0.15) is 0 Å². The van der Waals surface area contributed by atoms with E-state index in [0.717, 1.165) is 22.6 Å². The maximum Gasteiger partial charge on any atom is 0.338 e. The summed E-state index contributed by atoms with van der Waals surface area (Å²) in [6.07, 6.45) is -0.141. The number of carbonyl (C=O) groups is 1. The normalized spacial score (nSPS) is 19.9. The first kappa shape index (κ1) is 22.9. The fourth-order valence-corrected chi connectivity index (χ4v) is 6.85. The minimum absolute atomic E-state index is 0.0246. The van der Waals surface area contributed by atoms with Gasteiger partial charge in [-0.05, 0) is 71.8 Å². The summed E-state index contributed by atoms with van der Waals surface area (Å²) >= 11 is 1.90. The van der Waals surface area contributed by atoms with Crippen molar-refractivity contribution >= 4 is 23.4 Å². The Morgan fingerprint density at radius 2 is 1.82 bits per heavy atom. The standard InChI is InChI=1S/C29H31NO3S/c1-17(2)33-28(31)20-9-6-8-18(14-20)19-12-13-24-22(15-19)29(3,4)23-16-34-27-21(26(23)30-24)10-7-11-25(27)32-5/h6-15,17,23,26,30H,16H2,1-5H3. The van der Waals surface area contributed by atoms with Crippen molar-refractivity contribution in [1.29, 1.82) is 0 Å². The summed E-state index contributed by atoms with van der Waals surface area (Å²) in [7, 11) is 1.74. The Labute approximate surface area is 206 Å². The second kappa shape index (κ2) is 8.70. The van der Waals surface area contributed by atoms with Crippen LogP contribution in [0.5, 0.6) is 5.75 Å². The van der Waals surface area contributed by atoms with Crippen LogP contribution in [-0.2, 0) is 10.2 Å². The summed E-state index contributed by atoms with van der Waals surface area (Å²) in [5, 5.41) is 3.85. The third-order valence-electron chi connectivity index (χ3n) is 7.10. The molecule has 2 aliphatic rings. The molecule has 2 heterocycles. The van der Waals surface area contributed by atoms with Crippen molar-refractivity contribution in [1.82, 2.24) is 0 Å². The van der Waals surface area contributed by atoms with Crippen LogP contribution in [0.15, 0.2) is 65.6 Å². The summed E-state index contributed by atoms with van der Waals surface area (Å²) in [5.74, 6) is 2.14. The topological polar surface area (TPSA) is 47.6 Å². The average Bonchev–Trinajstić information content (AvgIpc) is 2.83. The highest BCUT2D eigenvalue weighted by Gasteiger charge is 2.46. The number of benzene rings is 3. The number of methoxy groups -OCH3 is 1. The maximum absolute atomic E-state index is 12.4. The number of nitrogens with one attached hydrogen (secondary N) is 1. The lowest BCUT2D eigenvalue weighted by molar-refractivity contribution is 0.0378. The molecule has 0 saturated carbocycles. The molecule has 3 aromatic rings. The minimum Gasteiger partial charge on any atom is -0.496 e. The van der Waals surface area contributed by atoms with Crippen LogP contribution >= 0.6 is 11.8 Å². The zero-order chi connectivity index (χ0) is 24.0. The molecule has 2 aliphatic heterocycles. The number of esters is 1. The van der Waals surface area contributed by atoms with Crippen LogP contribution in [0.1, 0.15) is 55.2 Å². The molecule has 3 aromatic carbocycles. The number of hydrogen-bond acceptors (Lipinski definition) is 5. The van der Waals surface area contributed by atoms with Gasteiger partial charge in [0.15, 0.2) is 0 Å². The highest BCUT2D eigenvalue weighted by molar-refractivity contribution is 7.99. The van der Waals surface area contributed by atoms with Crippen molar-refractivity contribution in [2.75, 3.05) is 18.2 Å². The van der Waals surface area contributed by atoms with Gasteiger partial charge >= 0.3 is 5.97 Å². The predicted octanol–water partition coefficient (Wildman–Crippen LogP) is 7.09. The summed E-state index contributed by atoms with van der Waals surface area (Å²) in [6, 6.07) is 20.9. The lowest BCUT2D eigenvalue weighted by Gasteiger charge is -2.49. The molecule has 34 heavy (non-hydrogen) atoms. The van der Waals surface area contributed by atoms with Crippen LogP contribution in [-0.4, -0.2) is 24.9 Å². The Hall–Kier alpha value is -2.92. The number of ether oxygens (including phenoxy) is 2. The van der Waals surface area contributed by atoms with Gasteiger partial charge in [0.05, 0.1) is 29.7 Å². The summed E-state index contributed by atoms with van der Waals surface area (Å²) in [4.78, 5) is 13.7. The first-order chi connectivity index (χ1) is 16.3. The molecule has 5 rings (SSSR count). The lowest BCUT2D eigenvalue weighted by atomic mass is 9.66. The second-order valence-electron chi connectivity index (χ2n) is 9.94. The van der Waals surface area contributed by atoms with Gasteiger partial charge in [0.2, 0.25) is 0 Å². The fourth-order valence-electron chi connectivity index (χ4n) is 5.24. The molecule has 0 fully saturated rings. The van der Waals surface area contributed by atoms with Crippen LogP contribution in [0.4, 0.5) is 5.69 Å². The van der Waals surface area contributed by atoms with Crippen molar-refractivity contribution in [3.8, 4) is 16.9 Å². The van der Waals surface area contributed by atoms with E-state index in [1.807, 2.05) is 49.9 Å². The van der Waals surface area contributed by atoms with E-state index in [1.54, 1.807) is 7.11 Å². The van der Waals surface area contributed by atoms with E-state index in [-0.39, 0.29) is 23.5 Å². The number of hydrogen-bond donors (Lipinski definition) is 1. The zero-order valence-electron chi connectivity index (χ0n) is 20.3. The molecule has 1 N–H and O–H groups in total. The van der Waals surface area contributed by atoms with E-state index in [1.165, 1.54) is 21.7 Å². The van der Waals surface area contributed by atoms with Crippen LogP contribution in [0.3, 0.4) is 0 Å². The first-order valence-corrected chi connectivity index (χ1v) is 12.8. The molecule has 0 radical (unpaired) electrons. The molecule has 0 saturated heterocycles. The monoisotopic (exact) mass is 473 g/mol. The van der Waals surface area contributed by atoms with Gasteiger partial charge in [0.1, 0.15) is 5.75 Å². The van der Waals surface area contributed by atoms with E-state index in [0.29, 0.717) is 11.5 Å². The van der Waals surface area contributed by atoms with E-state index in [2.05, 4.69) is 55.6 Å². The molecule has 2 atom stereocenters. The van der Waals surface area contributed by atoms with Gasteiger partial charge in [-0.1, -0.05) is 44.2 Å². The molecule has 0 spiro atoms. The Bertz CT molecular complexity index is 1250. The molecular weight excluding hydrogens is 442 g/mol. The van der Waals surface area contributed by atoms with Crippen molar-refractivity contribution in [3.63, 3.8) is 0 Å². The third-order valence-corrected chi connectivity index (χ3v) is 8.35. The van der Waals surface area contributed by atoms with E-state index < -0.39 is 0 Å². The largest absolute Gasteiger partial charge is 0.496 e. The molecule has 0 bridgehead atoms. The van der Waals surface area contributed by atoms with E-state index in [9.17, 15) is 4.79 Å². The highest BCUT2D eigenvalue weighted by Crippen LogP contribution is 2.55. The summed E-state index contributed by atoms with van der Waals surface area (Å²) < 4.78 is 11.0. The maximum atomic E-state index is 12.4. The fraction of sp³-hybridized carbons (Fsp3) is 0.345. The molecular formula is C29H31NO3S. The number of rotatable bonds is 4. The number of carbonyl (C=O) groups excluding carboxylic acids is 1. The Morgan fingerprint density at radius 3 is 2.59 bits per heavy atom. The van der Waals surface area contributed by atoms with E-state index in [4.69, 9.17) is 9.47 Å². The molecule has 4 nitrogen and oxygen atoms in total. The van der Waals surface area contributed by atoms with Gasteiger partial charge < -0.3 is 14.8 Å². The molecule has 176 valence electrons. The molecule has 5 heteroatoms. The van der Waals surface area contributed by atoms with Crippen molar-refractivity contribution in [2.24, 2.45) is 5.92 Å². The third kappa shape index (κ3) is 3.86. The molecule has 0 amide bonds. The molecule has 0 aliphatic carbocycles.